The van der Waals surface area contributed by atoms with Crippen LogP contribution in [0.2, 0.25) is 0 Å². The number of methoxy groups -OCH3 is 1. The van der Waals surface area contributed by atoms with E-state index in [4.69, 9.17) is 0 Å². The maximum absolute atomic E-state index is 13.5. The lowest BCUT2D eigenvalue weighted by Crippen LogP contribution is -2.19. The minimum absolute atomic E-state index is 0.0360. The van der Waals surface area contributed by atoms with Crippen molar-refractivity contribution >= 4 is 11.8 Å². The number of ketones is 1. The van der Waals surface area contributed by atoms with E-state index >= 15 is 0 Å². The molecule has 0 atom stereocenters. The molecule has 0 fully saturated rings. The Labute approximate surface area is 103 Å². The Morgan fingerprint density at radius 2 is 2.06 bits per heavy atom. The Bertz CT molecular complexity index is 496. The van der Waals surface area contributed by atoms with Crippen LogP contribution >= 0.6 is 0 Å². The third-order valence-electron chi connectivity index (χ3n) is 2.37. The molecule has 1 aromatic rings. The smallest absolute Gasteiger partial charge is 0.379 e. The number of benzene rings is 1. The molecule has 0 bridgehead atoms. The third-order valence-corrected chi connectivity index (χ3v) is 2.37. The molecule has 0 aliphatic rings. The zero-order valence-electron chi connectivity index (χ0n) is 10.2. The number of hydrogen-bond acceptors (Lipinski definition) is 5. The fraction of sp³-hybridized carbons (Fsp3) is 0.333. The van der Waals surface area contributed by atoms with Crippen LogP contribution in [0.25, 0.3) is 0 Å². The van der Waals surface area contributed by atoms with Gasteiger partial charge < -0.3 is 14.6 Å². The number of carbonyl (C=O) groups excluding carboxylic acids is 2. The van der Waals surface area contributed by atoms with Crippen LogP contribution in [0.4, 0.5) is 4.39 Å². The molecule has 0 aliphatic heterocycles. The first-order chi connectivity index (χ1) is 8.43. The van der Waals surface area contributed by atoms with Gasteiger partial charge in [0, 0.05) is 11.1 Å². The normalized spacial score (nSPS) is 10.0. The van der Waals surface area contributed by atoms with Crippen molar-refractivity contribution in [3.05, 3.63) is 23.0 Å². The quantitative estimate of drug-likeness (QED) is 0.503. The van der Waals surface area contributed by atoms with Gasteiger partial charge in [-0.3, -0.25) is 4.79 Å². The van der Waals surface area contributed by atoms with Gasteiger partial charge in [-0.2, -0.15) is 0 Å². The van der Waals surface area contributed by atoms with E-state index < -0.39 is 23.3 Å². The van der Waals surface area contributed by atoms with Gasteiger partial charge in [0.2, 0.25) is 0 Å². The number of phenolic OH excluding ortho intramolecular Hbond substituents is 1. The Kier molecular flexibility index (Phi) is 4.25. The highest BCUT2D eigenvalue weighted by atomic mass is 19.1. The molecule has 0 unspecified atom stereocenters. The Hall–Kier alpha value is -2.11. The van der Waals surface area contributed by atoms with E-state index in [0.29, 0.717) is 0 Å². The summed E-state index contributed by atoms with van der Waals surface area (Å²) in [5, 5.41) is 9.65. The van der Waals surface area contributed by atoms with Gasteiger partial charge in [-0.25, -0.2) is 9.18 Å². The summed E-state index contributed by atoms with van der Waals surface area (Å²) >= 11 is 0. The fourth-order valence-electron chi connectivity index (χ4n) is 1.45. The summed E-state index contributed by atoms with van der Waals surface area (Å²) in [6.07, 6.45) is 0. The average Bonchev–Trinajstić information content (AvgIpc) is 2.34. The summed E-state index contributed by atoms with van der Waals surface area (Å²) in [5.74, 6) is -3.90. The van der Waals surface area contributed by atoms with E-state index in [-0.39, 0.29) is 23.5 Å². The lowest BCUT2D eigenvalue weighted by molar-refractivity contribution is -0.137. The molecule has 0 aliphatic carbocycles. The maximum Gasteiger partial charge on any atom is 0.379 e. The predicted octanol–water partition coefficient (Wildman–Crippen LogP) is 1.59. The Morgan fingerprint density at radius 1 is 1.44 bits per heavy atom. The molecule has 5 nitrogen and oxygen atoms in total. The zero-order valence-corrected chi connectivity index (χ0v) is 10.2. The van der Waals surface area contributed by atoms with E-state index in [1.807, 2.05) is 0 Å². The van der Waals surface area contributed by atoms with Crippen molar-refractivity contribution in [1.82, 2.24) is 0 Å². The molecule has 1 aromatic carbocycles. The Balaban J connectivity index is 3.27. The van der Waals surface area contributed by atoms with Crippen molar-refractivity contribution in [3.8, 4) is 11.5 Å². The number of hydrogen-bond donors (Lipinski definition) is 1. The van der Waals surface area contributed by atoms with Crippen molar-refractivity contribution in [2.75, 3.05) is 13.7 Å². The number of phenols is 1. The van der Waals surface area contributed by atoms with Crippen LogP contribution in [-0.2, 0) is 9.53 Å². The van der Waals surface area contributed by atoms with Crippen LogP contribution in [0.1, 0.15) is 22.8 Å². The molecule has 1 N–H and O–H groups in total. The first kappa shape index (κ1) is 14.0. The second-order valence-corrected chi connectivity index (χ2v) is 3.46. The third kappa shape index (κ3) is 2.42. The summed E-state index contributed by atoms with van der Waals surface area (Å²) < 4.78 is 22.7. The largest absolute Gasteiger partial charge is 0.504 e. The fourth-order valence-corrected chi connectivity index (χ4v) is 1.45. The molecule has 0 aromatic heterocycles. The summed E-state index contributed by atoms with van der Waals surface area (Å²) in [6, 6.07) is 0.840. The van der Waals surface area contributed by atoms with Gasteiger partial charge in [0.1, 0.15) is 0 Å². The van der Waals surface area contributed by atoms with Gasteiger partial charge in [-0.15, -0.1) is 0 Å². The summed E-state index contributed by atoms with van der Waals surface area (Å²) in [7, 11) is 1.18. The first-order valence-corrected chi connectivity index (χ1v) is 5.21. The molecule has 1 rings (SSSR count). The highest BCUT2D eigenvalue weighted by Gasteiger charge is 2.25. The van der Waals surface area contributed by atoms with E-state index in [1.165, 1.54) is 14.0 Å². The minimum Gasteiger partial charge on any atom is -0.504 e. The molecule has 0 saturated heterocycles. The summed E-state index contributed by atoms with van der Waals surface area (Å²) in [6.45, 7) is 2.96. The molecule has 98 valence electrons. The number of halogens is 1. The maximum atomic E-state index is 13.5. The van der Waals surface area contributed by atoms with Gasteiger partial charge in [-0.05, 0) is 19.9 Å². The van der Waals surface area contributed by atoms with Gasteiger partial charge in [-0.1, -0.05) is 0 Å². The van der Waals surface area contributed by atoms with E-state index in [0.717, 1.165) is 6.07 Å². The van der Waals surface area contributed by atoms with Crippen LogP contribution in [0, 0.1) is 12.7 Å². The highest BCUT2D eigenvalue weighted by Crippen LogP contribution is 2.34. The van der Waals surface area contributed by atoms with E-state index in [1.54, 1.807) is 6.92 Å². The van der Waals surface area contributed by atoms with E-state index in [2.05, 4.69) is 9.47 Å². The number of esters is 1. The Morgan fingerprint density at radius 3 is 2.56 bits per heavy atom. The van der Waals surface area contributed by atoms with Crippen LogP contribution in [0.3, 0.4) is 0 Å². The van der Waals surface area contributed by atoms with Crippen molar-refractivity contribution < 1.29 is 28.6 Å². The second-order valence-electron chi connectivity index (χ2n) is 3.46. The van der Waals surface area contributed by atoms with Gasteiger partial charge in [0.05, 0.1) is 13.7 Å². The van der Waals surface area contributed by atoms with Crippen LogP contribution in [0.5, 0.6) is 11.5 Å². The molecular formula is C12H13FO5. The van der Waals surface area contributed by atoms with Gasteiger partial charge >= 0.3 is 5.97 Å². The first-order valence-electron chi connectivity index (χ1n) is 5.21. The molecule has 0 radical (unpaired) electrons. The lowest BCUT2D eigenvalue weighted by Gasteiger charge is -2.11. The minimum atomic E-state index is -1.09. The number of ether oxygens (including phenoxy) is 2. The van der Waals surface area contributed by atoms with Crippen LogP contribution in [0.15, 0.2) is 6.07 Å². The van der Waals surface area contributed by atoms with Gasteiger partial charge in [0.25, 0.3) is 5.78 Å². The van der Waals surface area contributed by atoms with Crippen LogP contribution < -0.4 is 4.74 Å². The van der Waals surface area contributed by atoms with E-state index in [9.17, 15) is 19.1 Å². The molecule has 18 heavy (non-hydrogen) atoms. The monoisotopic (exact) mass is 256 g/mol. The van der Waals surface area contributed by atoms with Crippen molar-refractivity contribution in [2.24, 2.45) is 0 Å². The molecule has 6 heteroatoms. The molecule has 0 saturated carbocycles. The van der Waals surface area contributed by atoms with Gasteiger partial charge in [0.15, 0.2) is 17.3 Å². The second kappa shape index (κ2) is 5.48. The zero-order chi connectivity index (χ0) is 13.9. The number of aromatic hydroxyl groups is 1. The highest BCUT2D eigenvalue weighted by molar-refractivity contribution is 6.41. The standard InChI is InChI=1S/C12H13FO5/c1-4-18-12(16)10(15)7-5-8(13)11(17-3)9(14)6(7)2/h5,14H,4H2,1-3H3. The lowest BCUT2D eigenvalue weighted by atomic mass is 10.0. The van der Waals surface area contributed by atoms with Crippen molar-refractivity contribution in [1.29, 1.82) is 0 Å². The SMILES string of the molecule is CCOC(=O)C(=O)c1cc(F)c(OC)c(O)c1C. The molecule has 0 spiro atoms. The summed E-state index contributed by atoms with van der Waals surface area (Å²) in [5.41, 5.74) is -0.185. The molecule has 0 heterocycles. The topological polar surface area (TPSA) is 72.8 Å². The predicted molar refractivity (Wildman–Crippen MR) is 60.3 cm³/mol. The molecule has 0 amide bonds. The number of Topliss-reactive ketones (excluding diaryl/α,β-unsaturated/α-hetero) is 1. The number of carbonyl (C=O) groups is 2. The number of rotatable bonds is 4. The average molecular weight is 256 g/mol. The molecular weight excluding hydrogens is 243 g/mol. The summed E-state index contributed by atoms with van der Waals surface area (Å²) in [4.78, 5) is 22.9. The van der Waals surface area contributed by atoms with Crippen molar-refractivity contribution in [3.63, 3.8) is 0 Å². The van der Waals surface area contributed by atoms with Crippen molar-refractivity contribution in [2.45, 2.75) is 13.8 Å². The van der Waals surface area contributed by atoms with Crippen LogP contribution in [-0.4, -0.2) is 30.6 Å².